The summed E-state index contributed by atoms with van der Waals surface area (Å²) in [5, 5.41) is 10.1. The number of rotatable bonds is 2. The first kappa shape index (κ1) is 11.5. The molecule has 2 aromatic rings. The Kier molecular flexibility index (Phi) is 3.06. The number of aliphatic hydroxyl groups excluding tert-OH is 1. The normalized spacial score (nSPS) is 12.4. The van der Waals surface area contributed by atoms with Crippen LogP contribution in [-0.4, -0.2) is 10.1 Å². The highest BCUT2D eigenvalue weighted by atomic mass is 19.1. The van der Waals surface area contributed by atoms with Gasteiger partial charge in [0.1, 0.15) is 11.9 Å². The van der Waals surface area contributed by atoms with Crippen LogP contribution in [0.4, 0.5) is 10.1 Å². The minimum absolute atomic E-state index is 0.344. The second-order valence-electron chi connectivity index (χ2n) is 3.92. The van der Waals surface area contributed by atoms with Crippen LogP contribution in [0, 0.1) is 12.7 Å². The summed E-state index contributed by atoms with van der Waals surface area (Å²) in [4.78, 5) is 3.90. The molecular weight excluding hydrogens is 219 g/mol. The zero-order valence-corrected chi connectivity index (χ0v) is 9.39. The topological polar surface area (TPSA) is 59.1 Å². The fourth-order valence-electron chi connectivity index (χ4n) is 1.60. The Bertz CT molecular complexity index is 543. The molecule has 17 heavy (non-hydrogen) atoms. The number of nitrogens with zero attached hydrogens (tertiary/aromatic N) is 1. The van der Waals surface area contributed by atoms with E-state index < -0.39 is 6.10 Å². The van der Waals surface area contributed by atoms with Gasteiger partial charge < -0.3 is 10.8 Å². The minimum atomic E-state index is -0.959. The number of aromatic nitrogens is 1. The van der Waals surface area contributed by atoms with Gasteiger partial charge in [-0.3, -0.25) is 4.98 Å². The van der Waals surface area contributed by atoms with Gasteiger partial charge in [0, 0.05) is 23.6 Å². The molecule has 1 heterocycles. The molecule has 1 aromatic heterocycles. The van der Waals surface area contributed by atoms with Crippen molar-refractivity contribution in [2.24, 2.45) is 0 Å². The average Bonchev–Trinajstić information content (AvgIpc) is 2.32. The van der Waals surface area contributed by atoms with E-state index in [4.69, 9.17) is 5.73 Å². The molecule has 1 aromatic carbocycles. The molecule has 0 spiro atoms. The third-order valence-corrected chi connectivity index (χ3v) is 2.69. The van der Waals surface area contributed by atoms with E-state index in [0.29, 0.717) is 22.4 Å². The summed E-state index contributed by atoms with van der Waals surface area (Å²) < 4.78 is 13.4. The Morgan fingerprint density at radius 3 is 2.76 bits per heavy atom. The molecule has 0 saturated carbocycles. The maximum atomic E-state index is 13.4. The molecule has 3 nitrogen and oxygen atoms in total. The van der Waals surface area contributed by atoms with Crippen molar-refractivity contribution in [3.63, 3.8) is 0 Å². The van der Waals surface area contributed by atoms with E-state index in [1.54, 1.807) is 31.3 Å². The van der Waals surface area contributed by atoms with Crippen LogP contribution >= 0.6 is 0 Å². The van der Waals surface area contributed by atoms with Crippen LogP contribution in [0.2, 0.25) is 0 Å². The van der Waals surface area contributed by atoms with Crippen molar-refractivity contribution < 1.29 is 9.50 Å². The Hall–Kier alpha value is -1.94. The number of hydrogen-bond acceptors (Lipinski definition) is 3. The van der Waals surface area contributed by atoms with E-state index in [0.717, 1.165) is 0 Å². The lowest BCUT2D eigenvalue weighted by molar-refractivity contribution is 0.220. The van der Waals surface area contributed by atoms with Crippen molar-refractivity contribution in [3.8, 4) is 0 Å². The number of pyridine rings is 1. The molecule has 88 valence electrons. The number of halogens is 1. The van der Waals surface area contributed by atoms with Crippen LogP contribution in [0.5, 0.6) is 0 Å². The molecule has 0 aliphatic heterocycles. The van der Waals surface area contributed by atoms with Crippen molar-refractivity contribution in [1.82, 2.24) is 4.98 Å². The van der Waals surface area contributed by atoms with Crippen LogP contribution in [-0.2, 0) is 0 Å². The number of benzene rings is 1. The van der Waals surface area contributed by atoms with E-state index >= 15 is 0 Å². The molecule has 3 N–H and O–H groups in total. The SMILES string of the molecule is Cc1ccc(C(O)c2cnccc2N)cc1F. The molecule has 0 saturated heterocycles. The highest BCUT2D eigenvalue weighted by Gasteiger charge is 2.14. The molecule has 0 bridgehead atoms. The first-order valence-corrected chi connectivity index (χ1v) is 5.23. The second kappa shape index (κ2) is 4.51. The zero-order valence-electron chi connectivity index (χ0n) is 9.39. The van der Waals surface area contributed by atoms with E-state index in [1.165, 1.54) is 12.3 Å². The van der Waals surface area contributed by atoms with Crippen LogP contribution < -0.4 is 5.73 Å². The molecule has 0 amide bonds. The predicted molar refractivity (Wildman–Crippen MR) is 63.8 cm³/mol. The largest absolute Gasteiger partial charge is 0.398 e. The van der Waals surface area contributed by atoms with Gasteiger partial charge in [0.05, 0.1) is 0 Å². The number of aryl methyl sites for hydroxylation is 1. The molecule has 2 rings (SSSR count). The number of nitrogen functional groups attached to an aromatic ring is 1. The van der Waals surface area contributed by atoms with Gasteiger partial charge in [-0.15, -0.1) is 0 Å². The van der Waals surface area contributed by atoms with Gasteiger partial charge in [0.25, 0.3) is 0 Å². The number of nitrogens with two attached hydrogens (primary N) is 1. The monoisotopic (exact) mass is 232 g/mol. The Labute approximate surface area is 98.7 Å². The van der Waals surface area contributed by atoms with Gasteiger partial charge >= 0.3 is 0 Å². The van der Waals surface area contributed by atoms with Gasteiger partial charge in [0.15, 0.2) is 0 Å². The Morgan fingerprint density at radius 2 is 2.12 bits per heavy atom. The Balaban J connectivity index is 2.40. The lowest BCUT2D eigenvalue weighted by Crippen LogP contribution is -2.05. The van der Waals surface area contributed by atoms with Crippen molar-refractivity contribution >= 4 is 5.69 Å². The fraction of sp³-hybridized carbons (Fsp3) is 0.154. The van der Waals surface area contributed by atoms with Crippen molar-refractivity contribution in [2.75, 3.05) is 5.73 Å². The summed E-state index contributed by atoms with van der Waals surface area (Å²) in [6.07, 6.45) is 2.07. The lowest BCUT2D eigenvalue weighted by atomic mass is 10.0. The van der Waals surface area contributed by atoms with Crippen molar-refractivity contribution in [3.05, 3.63) is 59.2 Å². The summed E-state index contributed by atoms with van der Waals surface area (Å²) in [6, 6.07) is 6.21. The number of anilines is 1. The first-order chi connectivity index (χ1) is 8.09. The first-order valence-electron chi connectivity index (χ1n) is 5.23. The van der Waals surface area contributed by atoms with E-state index in [-0.39, 0.29) is 5.82 Å². The van der Waals surface area contributed by atoms with Crippen LogP contribution in [0.3, 0.4) is 0 Å². The summed E-state index contributed by atoms with van der Waals surface area (Å²) in [5.41, 5.74) is 7.66. The van der Waals surface area contributed by atoms with Crippen LogP contribution in [0.15, 0.2) is 36.7 Å². The molecule has 0 aliphatic rings. The highest BCUT2D eigenvalue weighted by molar-refractivity contribution is 5.48. The molecule has 4 heteroatoms. The summed E-state index contributed by atoms with van der Waals surface area (Å²) in [6.45, 7) is 1.67. The quantitative estimate of drug-likeness (QED) is 0.834. The standard InChI is InChI=1S/C13H13FN2O/c1-8-2-3-9(6-11(8)14)13(17)10-7-16-5-4-12(10)15/h2-7,13,17H,1H3,(H2,15,16). The van der Waals surface area contributed by atoms with Crippen molar-refractivity contribution in [2.45, 2.75) is 13.0 Å². The average molecular weight is 232 g/mol. The molecular formula is C13H13FN2O. The smallest absolute Gasteiger partial charge is 0.126 e. The predicted octanol–water partition coefficient (Wildman–Crippen LogP) is 2.19. The molecule has 0 radical (unpaired) electrons. The van der Waals surface area contributed by atoms with Gasteiger partial charge in [-0.25, -0.2) is 4.39 Å². The summed E-state index contributed by atoms with van der Waals surface area (Å²) in [7, 11) is 0. The lowest BCUT2D eigenvalue weighted by Gasteiger charge is -2.13. The third kappa shape index (κ3) is 2.26. The van der Waals surface area contributed by atoms with Gasteiger partial charge in [-0.05, 0) is 30.2 Å². The molecule has 0 aliphatic carbocycles. The fourth-order valence-corrected chi connectivity index (χ4v) is 1.60. The highest BCUT2D eigenvalue weighted by Crippen LogP contribution is 2.26. The molecule has 1 atom stereocenters. The molecule has 0 fully saturated rings. The van der Waals surface area contributed by atoms with Crippen LogP contribution in [0.1, 0.15) is 22.8 Å². The number of hydrogen-bond donors (Lipinski definition) is 2. The Morgan fingerprint density at radius 1 is 1.35 bits per heavy atom. The summed E-state index contributed by atoms with van der Waals surface area (Å²) in [5.74, 6) is -0.344. The molecule has 1 unspecified atom stereocenters. The second-order valence-corrected chi connectivity index (χ2v) is 3.92. The third-order valence-electron chi connectivity index (χ3n) is 2.69. The van der Waals surface area contributed by atoms with E-state index in [2.05, 4.69) is 4.98 Å². The maximum absolute atomic E-state index is 13.4. The summed E-state index contributed by atoms with van der Waals surface area (Å²) >= 11 is 0. The van der Waals surface area contributed by atoms with E-state index in [1.807, 2.05) is 0 Å². The maximum Gasteiger partial charge on any atom is 0.126 e. The van der Waals surface area contributed by atoms with Gasteiger partial charge in [-0.1, -0.05) is 12.1 Å². The van der Waals surface area contributed by atoms with Crippen LogP contribution in [0.25, 0.3) is 0 Å². The minimum Gasteiger partial charge on any atom is -0.398 e. The van der Waals surface area contributed by atoms with Crippen molar-refractivity contribution in [1.29, 1.82) is 0 Å². The number of aliphatic hydroxyl groups is 1. The van der Waals surface area contributed by atoms with E-state index in [9.17, 15) is 9.50 Å². The van der Waals surface area contributed by atoms with Gasteiger partial charge in [0.2, 0.25) is 0 Å². The van der Waals surface area contributed by atoms with Gasteiger partial charge in [-0.2, -0.15) is 0 Å². The zero-order chi connectivity index (χ0) is 12.4.